The molecule has 0 aliphatic carbocycles. The average molecular weight is 183 g/mol. The Morgan fingerprint density at radius 3 is 3.08 bits per heavy atom. The lowest BCUT2D eigenvalue weighted by Crippen LogP contribution is -2.20. The Morgan fingerprint density at radius 2 is 2.54 bits per heavy atom. The molecule has 0 bridgehead atoms. The van der Waals surface area contributed by atoms with Crippen molar-refractivity contribution in [3.63, 3.8) is 0 Å². The third kappa shape index (κ3) is 3.71. The fourth-order valence-corrected chi connectivity index (χ4v) is 0.759. The van der Waals surface area contributed by atoms with Gasteiger partial charge in [0.25, 0.3) is 0 Å². The van der Waals surface area contributed by atoms with Crippen LogP contribution in [0.5, 0.6) is 0 Å². The van der Waals surface area contributed by atoms with Gasteiger partial charge >= 0.3 is 0 Å². The Bertz CT molecular complexity index is 256. The van der Waals surface area contributed by atoms with Crippen molar-refractivity contribution in [2.45, 2.75) is 20.0 Å². The molecule has 0 unspecified atom stereocenters. The summed E-state index contributed by atoms with van der Waals surface area (Å²) in [4.78, 5) is 11.1. The van der Waals surface area contributed by atoms with Crippen molar-refractivity contribution in [1.82, 2.24) is 10.2 Å². The summed E-state index contributed by atoms with van der Waals surface area (Å²) >= 11 is 0. The van der Waals surface area contributed by atoms with Crippen LogP contribution in [-0.4, -0.2) is 28.8 Å². The fraction of sp³-hybridized carbons (Fsp3) is 0.500. The first-order chi connectivity index (χ1) is 6.18. The van der Waals surface area contributed by atoms with Crippen LogP contribution in [0, 0.1) is 0 Å². The van der Waals surface area contributed by atoms with E-state index in [2.05, 4.69) is 15.5 Å². The molecular formula is C8H13N3O2. The number of amides is 1. The van der Waals surface area contributed by atoms with Gasteiger partial charge in [-0.05, 0) is 13.8 Å². The predicted octanol–water partition coefficient (Wildman–Crippen LogP) is 0.773. The van der Waals surface area contributed by atoms with Gasteiger partial charge in [-0.3, -0.25) is 9.89 Å². The number of ether oxygens (including phenoxy) is 1. The van der Waals surface area contributed by atoms with Crippen molar-refractivity contribution in [3.05, 3.63) is 12.4 Å². The quantitative estimate of drug-likeness (QED) is 0.724. The lowest BCUT2D eigenvalue weighted by atomic mass is 10.5. The SMILES string of the molecule is CC(C)OCC(=O)Nc1cn[nH]c1. The van der Waals surface area contributed by atoms with E-state index in [9.17, 15) is 4.79 Å². The van der Waals surface area contributed by atoms with E-state index in [1.165, 1.54) is 6.20 Å². The Hall–Kier alpha value is -1.36. The van der Waals surface area contributed by atoms with Crippen molar-refractivity contribution in [1.29, 1.82) is 0 Å². The first-order valence-electron chi connectivity index (χ1n) is 4.08. The van der Waals surface area contributed by atoms with Crippen LogP contribution in [0.2, 0.25) is 0 Å². The third-order valence-electron chi connectivity index (χ3n) is 1.33. The van der Waals surface area contributed by atoms with Crippen LogP contribution in [0.1, 0.15) is 13.8 Å². The Morgan fingerprint density at radius 1 is 1.77 bits per heavy atom. The zero-order valence-electron chi connectivity index (χ0n) is 7.70. The van der Waals surface area contributed by atoms with Crippen molar-refractivity contribution in [2.75, 3.05) is 11.9 Å². The number of anilines is 1. The molecular weight excluding hydrogens is 170 g/mol. The maximum Gasteiger partial charge on any atom is 0.250 e. The summed E-state index contributed by atoms with van der Waals surface area (Å²) in [6.45, 7) is 3.83. The van der Waals surface area contributed by atoms with Gasteiger partial charge < -0.3 is 10.1 Å². The topological polar surface area (TPSA) is 67.0 Å². The van der Waals surface area contributed by atoms with E-state index >= 15 is 0 Å². The van der Waals surface area contributed by atoms with E-state index in [1.54, 1.807) is 6.20 Å². The highest BCUT2D eigenvalue weighted by molar-refractivity contribution is 5.91. The van der Waals surface area contributed by atoms with E-state index in [0.29, 0.717) is 5.69 Å². The van der Waals surface area contributed by atoms with Crippen LogP contribution in [0.15, 0.2) is 12.4 Å². The highest BCUT2D eigenvalue weighted by Crippen LogP contribution is 2.00. The van der Waals surface area contributed by atoms with Crippen LogP contribution in [0.3, 0.4) is 0 Å². The number of nitrogens with one attached hydrogen (secondary N) is 2. The molecule has 0 spiro atoms. The zero-order chi connectivity index (χ0) is 9.68. The molecule has 0 atom stereocenters. The molecule has 0 aromatic carbocycles. The standard InChI is InChI=1S/C8H13N3O2/c1-6(2)13-5-8(12)11-7-3-9-10-4-7/h3-4,6H,5H2,1-2H3,(H,9,10)(H,11,12). The first-order valence-corrected chi connectivity index (χ1v) is 4.08. The number of H-pyrrole nitrogens is 1. The minimum absolute atomic E-state index is 0.0649. The molecule has 0 radical (unpaired) electrons. The van der Waals surface area contributed by atoms with Gasteiger partial charge in [0.2, 0.25) is 5.91 Å². The summed E-state index contributed by atoms with van der Waals surface area (Å²) in [6.07, 6.45) is 3.20. The van der Waals surface area contributed by atoms with Gasteiger partial charge in [-0.15, -0.1) is 0 Å². The lowest BCUT2D eigenvalue weighted by molar-refractivity contribution is -0.121. The van der Waals surface area contributed by atoms with E-state index in [0.717, 1.165) is 0 Å². The zero-order valence-corrected chi connectivity index (χ0v) is 7.70. The number of aromatic nitrogens is 2. The summed E-state index contributed by atoms with van der Waals surface area (Å²) in [6, 6.07) is 0. The third-order valence-corrected chi connectivity index (χ3v) is 1.33. The Balaban J connectivity index is 2.26. The number of carbonyl (C=O) groups is 1. The van der Waals surface area contributed by atoms with Gasteiger partial charge in [0, 0.05) is 6.20 Å². The number of hydrogen-bond donors (Lipinski definition) is 2. The van der Waals surface area contributed by atoms with Gasteiger partial charge in [-0.25, -0.2) is 0 Å². The molecule has 1 aromatic heterocycles. The number of nitrogens with zero attached hydrogens (tertiary/aromatic N) is 1. The van der Waals surface area contributed by atoms with Gasteiger partial charge in [0.1, 0.15) is 6.61 Å². The highest BCUT2D eigenvalue weighted by Gasteiger charge is 2.03. The van der Waals surface area contributed by atoms with Crippen LogP contribution in [0.4, 0.5) is 5.69 Å². The van der Waals surface area contributed by atoms with E-state index in [4.69, 9.17) is 4.74 Å². The number of hydrogen-bond acceptors (Lipinski definition) is 3. The second kappa shape index (κ2) is 4.61. The van der Waals surface area contributed by atoms with Crippen LogP contribution in [-0.2, 0) is 9.53 Å². The molecule has 1 heterocycles. The van der Waals surface area contributed by atoms with E-state index < -0.39 is 0 Å². The Labute approximate surface area is 76.5 Å². The largest absolute Gasteiger partial charge is 0.369 e. The monoisotopic (exact) mass is 183 g/mol. The van der Waals surface area contributed by atoms with Crippen molar-refractivity contribution in [2.24, 2.45) is 0 Å². The summed E-state index contributed by atoms with van der Waals surface area (Å²) in [5, 5.41) is 8.90. The van der Waals surface area contributed by atoms with E-state index in [-0.39, 0.29) is 18.6 Å². The summed E-state index contributed by atoms with van der Waals surface area (Å²) in [5.74, 6) is -0.171. The lowest BCUT2D eigenvalue weighted by Gasteiger charge is -2.06. The van der Waals surface area contributed by atoms with Crippen molar-refractivity contribution >= 4 is 11.6 Å². The molecule has 0 saturated heterocycles. The average Bonchev–Trinajstić information content (AvgIpc) is 2.53. The van der Waals surface area contributed by atoms with Gasteiger partial charge in [-0.1, -0.05) is 0 Å². The minimum atomic E-state index is -0.171. The highest BCUT2D eigenvalue weighted by atomic mass is 16.5. The summed E-state index contributed by atoms with van der Waals surface area (Å²) < 4.78 is 5.11. The van der Waals surface area contributed by atoms with Crippen LogP contribution in [0.25, 0.3) is 0 Å². The van der Waals surface area contributed by atoms with Crippen LogP contribution < -0.4 is 5.32 Å². The molecule has 0 fully saturated rings. The summed E-state index contributed by atoms with van der Waals surface area (Å²) in [7, 11) is 0. The molecule has 0 aliphatic heterocycles. The minimum Gasteiger partial charge on any atom is -0.369 e. The van der Waals surface area contributed by atoms with Crippen molar-refractivity contribution < 1.29 is 9.53 Å². The van der Waals surface area contributed by atoms with Crippen molar-refractivity contribution in [3.8, 4) is 0 Å². The van der Waals surface area contributed by atoms with Gasteiger partial charge in [0.05, 0.1) is 18.0 Å². The maximum absolute atomic E-state index is 11.1. The second-order valence-electron chi connectivity index (χ2n) is 2.89. The van der Waals surface area contributed by atoms with Crippen LogP contribution >= 0.6 is 0 Å². The molecule has 0 aliphatic rings. The number of rotatable bonds is 4. The molecule has 13 heavy (non-hydrogen) atoms. The van der Waals surface area contributed by atoms with E-state index in [1.807, 2.05) is 13.8 Å². The van der Waals surface area contributed by atoms with Gasteiger partial charge in [0.15, 0.2) is 0 Å². The maximum atomic E-state index is 11.1. The predicted molar refractivity (Wildman–Crippen MR) is 48.3 cm³/mol. The number of carbonyl (C=O) groups excluding carboxylic acids is 1. The molecule has 0 saturated carbocycles. The second-order valence-corrected chi connectivity index (χ2v) is 2.89. The smallest absolute Gasteiger partial charge is 0.250 e. The fourth-order valence-electron chi connectivity index (χ4n) is 0.759. The van der Waals surface area contributed by atoms with Gasteiger partial charge in [-0.2, -0.15) is 5.10 Å². The first kappa shape index (κ1) is 9.73. The summed E-state index contributed by atoms with van der Waals surface area (Å²) in [5.41, 5.74) is 0.650. The molecule has 2 N–H and O–H groups in total. The Kier molecular flexibility index (Phi) is 3.45. The number of aromatic amines is 1. The molecule has 1 aromatic rings. The molecule has 1 amide bonds. The molecule has 72 valence electrons. The molecule has 5 heteroatoms. The molecule has 1 rings (SSSR count). The molecule has 5 nitrogen and oxygen atoms in total. The normalized spacial score (nSPS) is 10.4.